The van der Waals surface area contributed by atoms with E-state index < -0.39 is 0 Å². The van der Waals surface area contributed by atoms with Gasteiger partial charge in [0.1, 0.15) is 5.82 Å². The van der Waals surface area contributed by atoms with E-state index in [4.69, 9.17) is 4.98 Å². The first-order valence-electron chi connectivity index (χ1n) is 8.47. The van der Waals surface area contributed by atoms with Gasteiger partial charge in [-0.2, -0.15) is 0 Å². The molecule has 124 valence electrons. The van der Waals surface area contributed by atoms with Gasteiger partial charge in [-0.1, -0.05) is 31.2 Å². The highest BCUT2D eigenvalue weighted by Gasteiger charge is 2.10. The Morgan fingerprint density at radius 2 is 1.75 bits per heavy atom. The molecule has 0 unspecified atom stereocenters. The van der Waals surface area contributed by atoms with E-state index in [0.29, 0.717) is 0 Å². The average Bonchev–Trinajstić information content (AvgIpc) is 2.60. The number of benzene rings is 1. The number of aryl methyl sites for hydroxylation is 2. The second-order valence-electron chi connectivity index (χ2n) is 6.00. The van der Waals surface area contributed by atoms with Gasteiger partial charge >= 0.3 is 0 Å². The first-order chi connectivity index (χ1) is 11.7. The molecular formula is C20H24N4. The van der Waals surface area contributed by atoms with E-state index in [-0.39, 0.29) is 0 Å². The van der Waals surface area contributed by atoms with E-state index >= 15 is 0 Å². The molecule has 0 atom stereocenters. The van der Waals surface area contributed by atoms with E-state index in [2.05, 4.69) is 53.7 Å². The van der Waals surface area contributed by atoms with Crippen LogP contribution in [0.2, 0.25) is 0 Å². The van der Waals surface area contributed by atoms with Gasteiger partial charge in [-0.05, 0) is 43.5 Å². The molecule has 2 aromatic heterocycles. The third kappa shape index (κ3) is 3.48. The van der Waals surface area contributed by atoms with Gasteiger partial charge in [0, 0.05) is 36.1 Å². The highest BCUT2D eigenvalue weighted by molar-refractivity contribution is 5.93. The fourth-order valence-electron chi connectivity index (χ4n) is 2.96. The topological polar surface area (TPSA) is 49.8 Å². The molecule has 0 aliphatic carbocycles. The second-order valence-corrected chi connectivity index (χ2v) is 6.00. The Morgan fingerprint density at radius 3 is 2.50 bits per heavy atom. The maximum Gasteiger partial charge on any atom is 0.125 e. The molecule has 0 bridgehead atoms. The third-order valence-electron chi connectivity index (χ3n) is 4.20. The normalized spacial score (nSPS) is 10.8. The van der Waals surface area contributed by atoms with Crippen LogP contribution in [0.5, 0.6) is 0 Å². The van der Waals surface area contributed by atoms with Crippen molar-refractivity contribution in [1.82, 2.24) is 9.97 Å². The predicted octanol–water partition coefficient (Wildman–Crippen LogP) is 4.33. The van der Waals surface area contributed by atoms with Gasteiger partial charge in [0.15, 0.2) is 0 Å². The van der Waals surface area contributed by atoms with E-state index in [1.165, 1.54) is 22.2 Å². The van der Waals surface area contributed by atoms with Crippen molar-refractivity contribution < 1.29 is 0 Å². The quantitative estimate of drug-likeness (QED) is 0.664. The number of hydrogen-bond acceptors (Lipinski definition) is 4. The summed E-state index contributed by atoms with van der Waals surface area (Å²) in [6.45, 7) is 7.95. The first kappa shape index (κ1) is 16.2. The van der Waals surface area contributed by atoms with Gasteiger partial charge in [0.05, 0.1) is 5.52 Å². The summed E-state index contributed by atoms with van der Waals surface area (Å²) in [7, 11) is 0. The molecular weight excluding hydrogens is 296 g/mol. The highest BCUT2D eigenvalue weighted by Crippen LogP contribution is 2.28. The Kier molecular flexibility index (Phi) is 4.94. The Hall–Kier alpha value is -2.62. The monoisotopic (exact) mass is 320 g/mol. The van der Waals surface area contributed by atoms with Crippen molar-refractivity contribution in [3.8, 4) is 0 Å². The molecule has 2 heterocycles. The summed E-state index contributed by atoms with van der Waals surface area (Å²) >= 11 is 0. The number of hydrogen-bond donors (Lipinski definition) is 2. The van der Waals surface area contributed by atoms with Crippen LogP contribution in [-0.2, 0) is 6.42 Å². The second kappa shape index (κ2) is 7.30. The average molecular weight is 320 g/mol. The first-order valence-corrected chi connectivity index (χ1v) is 8.47. The van der Waals surface area contributed by atoms with Gasteiger partial charge < -0.3 is 10.6 Å². The van der Waals surface area contributed by atoms with Crippen LogP contribution in [0.1, 0.15) is 23.7 Å². The Labute approximate surface area is 143 Å². The lowest BCUT2D eigenvalue weighted by molar-refractivity contribution is 1.03. The largest absolute Gasteiger partial charge is 0.382 e. The summed E-state index contributed by atoms with van der Waals surface area (Å²) in [4.78, 5) is 9.10. The maximum absolute atomic E-state index is 4.73. The summed E-state index contributed by atoms with van der Waals surface area (Å²) in [5.41, 5.74) is 5.82. The lowest BCUT2D eigenvalue weighted by Gasteiger charge is -2.16. The van der Waals surface area contributed by atoms with Crippen LogP contribution in [-0.4, -0.2) is 23.1 Å². The summed E-state index contributed by atoms with van der Waals surface area (Å²) in [5.74, 6) is 0.911. The molecule has 24 heavy (non-hydrogen) atoms. The molecule has 4 nitrogen and oxygen atoms in total. The van der Waals surface area contributed by atoms with Gasteiger partial charge in [-0.15, -0.1) is 0 Å². The highest BCUT2D eigenvalue weighted by atomic mass is 15.0. The summed E-state index contributed by atoms with van der Waals surface area (Å²) < 4.78 is 0. The van der Waals surface area contributed by atoms with Gasteiger partial charge in [-0.25, -0.2) is 4.98 Å². The molecule has 0 aliphatic rings. The SMILES string of the molecule is CCc1c(C)nc2ccccc2c1NCCNc1ccc(C)cn1. The molecule has 0 radical (unpaired) electrons. The Bertz CT molecular complexity index is 825. The zero-order valence-corrected chi connectivity index (χ0v) is 14.6. The Balaban J connectivity index is 1.73. The molecule has 0 spiro atoms. The van der Waals surface area contributed by atoms with Crippen LogP contribution in [0.3, 0.4) is 0 Å². The number of nitrogens with zero attached hydrogens (tertiary/aromatic N) is 2. The fourth-order valence-corrected chi connectivity index (χ4v) is 2.96. The molecule has 0 fully saturated rings. The smallest absolute Gasteiger partial charge is 0.125 e. The molecule has 4 heteroatoms. The van der Waals surface area contributed by atoms with Gasteiger partial charge in [0.25, 0.3) is 0 Å². The van der Waals surface area contributed by atoms with Gasteiger partial charge in [-0.3, -0.25) is 4.98 Å². The summed E-state index contributed by atoms with van der Waals surface area (Å²) in [6, 6.07) is 12.4. The van der Waals surface area contributed by atoms with Crippen molar-refractivity contribution in [3.05, 3.63) is 59.4 Å². The van der Waals surface area contributed by atoms with Crippen LogP contribution in [0.4, 0.5) is 11.5 Å². The minimum Gasteiger partial charge on any atom is -0.382 e. The number of fused-ring (bicyclic) bond motifs is 1. The minimum absolute atomic E-state index is 0.814. The van der Waals surface area contributed by atoms with E-state index in [1.807, 2.05) is 25.3 Å². The molecule has 3 rings (SSSR count). The van der Waals surface area contributed by atoms with Crippen molar-refractivity contribution >= 4 is 22.4 Å². The molecule has 2 N–H and O–H groups in total. The molecule has 3 aromatic rings. The van der Waals surface area contributed by atoms with Crippen LogP contribution < -0.4 is 10.6 Å². The molecule has 1 aromatic carbocycles. The standard InChI is InChI=1S/C20H24N4/c1-4-16-15(3)24-18-8-6-5-7-17(18)20(16)22-12-11-21-19-10-9-14(2)13-23-19/h5-10,13H,4,11-12H2,1-3H3,(H,21,23)(H,22,24). The van der Waals surface area contributed by atoms with Crippen LogP contribution in [0, 0.1) is 13.8 Å². The van der Waals surface area contributed by atoms with E-state index in [1.54, 1.807) is 0 Å². The number of nitrogens with one attached hydrogen (secondary N) is 2. The molecule has 0 aliphatic heterocycles. The number of anilines is 2. The summed E-state index contributed by atoms with van der Waals surface area (Å²) in [6.07, 6.45) is 2.85. The van der Waals surface area contributed by atoms with E-state index in [9.17, 15) is 0 Å². The third-order valence-corrected chi connectivity index (χ3v) is 4.20. The predicted molar refractivity (Wildman–Crippen MR) is 102 cm³/mol. The number of pyridine rings is 2. The minimum atomic E-state index is 0.814. The Morgan fingerprint density at radius 1 is 0.958 bits per heavy atom. The van der Waals surface area contributed by atoms with Crippen molar-refractivity contribution in [3.63, 3.8) is 0 Å². The van der Waals surface area contributed by atoms with Crippen molar-refractivity contribution in [2.24, 2.45) is 0 Å². The van der Waals surface area contributed by atoms with Crippen LogP contribution in [0.25, 0.3) is 10.9 Å². The lowest BCUT2D eigenvalue weighted by atomic mass is 10.0. The summed E-state index contributed by atoms with van der Waals surface area (Å²) in [5, 5.41) is 8.14. The lowest BCUT2D eigenvalue weighted by Crippen LogP contribution is -2.16. The van der Waals surface area contributed by atoms with Crippen molar-refractivity contribution in [2.75, 3.05) is 23.7 Å². The van der Waals surface area contributed by atoms with E-state index in [0.717, 1.165) is 36.5 Å². The molecule has 0 saturated heterocycles. The number of para-hydroxylation sites is 1. The zero-order chi connectivity index (χ0) is 16.9. The van der Waals surface area contributed by atoms with Crippen LogP contribution >= 0.6 is 0 Å². The van der Waals surface area contributed by atoms with Crippen LogP contribution in [0.15, 0.2) is 42.6 Å². The fraction of sp³-hybridized carbons (Fsp3) is 0.300. The number of rotatable bonds is 6. The van der Waals surface area contributed by atoms with Crippen molar-refractivity contribution in [2.45, 2.75) is 27.2 Å². The maximum atomic E-state index is 4.73. The molecule has 0 amide bonds. The van der Waals surface area contributed by atoms with Gasteiger partial charge in [0.2, 0.25) is 0 Å². The zero-order valence-electron chi connectivity index (χ0n) is 14.6. The molecule has 0 saturated carbocycles. The van der Waals surface area contributed by atoms with Crippen molar-refractivity contribution in [1.29, 1.82) is 0 Å². The number of aromatic nitrogens is 2.